The van der Waals surface area contributed by atoms with Crippen LogP contribution in [0, 0.1) is 6.92 Å². The first-order chi connectivity index (χ1) is 12.5. The Morgan fingerprint density at radius 1 is 1.15 bits per heavy atom. The fraction of sp³-hybridized carbons (Fsp3) is 0.286. The Kier molecular flexibility index (Phi) is 5.47. The number of amides is 1. The monoisotopic (exact) mass is 366 g/mol. The van der Waals surface area contributed by atoms with Crippen LogP contribution in [0.25, 0.3) is 10.2 Å². The number of para-hydroxylation sites is 2. The van der Waals surface area contributed by atoms with E-state index in [1.54, 1.807) is 0 Å². The maximum Gasteiger partial charge on any atom is 0.292 e. The van der Waals surface area contributed by atoms with Crippen LogP contribution in [0.3, 0.4) is 0 Å². The van der Waals surface area contributed by atoms with Crippen LogP contribution in [0.15, 0.2) is 42.5 Å². The van der Waals surface area contributed by atoms with Gasteiger partial charge in [-0.2, -0.15) is 0 Å². The lowest BCUT2D eigenvalue weighted by molar-refractivity contribution is -0.134. The normalized spacial score (nSPS) is 12.1. The van der Waals surface area contributed by atoms with Crippen molar-refractivity contribution in [1.29, 1.82) is 0 Å². The molecule has 4 nitrogen and oxygen atoms in total. The molecular weight excluding hydrogens is 344 g/mol. The van der Waals surface area contributed by atoms with Crippen LogP contribution < -0.4 is 5.32 Å². The van der Waals surface area contributed by atoms with Crippen LogP contribution in [0.5, 0.6) is 0 Å². The molecule has 3 rings (SSSR count). The molecule has 0 unspecified atom stereocenters. The van der Waals surface area contributed by atoms with Crippen molar-refractivity contribution in [3.8, 4) is 0 Å². The minimum absolute atomic E-state index is 0.0235. The zero-order valence-corrected chi connectivity index (χ0v) is 16.0. The van der Waals surface area contributed by atoms with Gasteiger partial charge in [0.1, 0.15) is 5.01 Å². The lowest BCUT2D eigenvalue weighted by Crippen LogP contribution is -2.25. The highest BCUT2D eigenvalue weighted by molar-refractivity contribution is 7.18. The van der Waals surface area contributed by atoms with Gasteiger partial charge >= 0.3 is 0 Å². The van der Waals surface area contributed by atoms with Crippen LogP contribution in [-0.2, 0) is 16.0 Å². The molecule has 1 aromatic heterocycles. The van der Waals surface area contributed by atoms with Gasteiger partial charge in [0, 0.05) is 5.69 Å². The molecule has 1 amide bonds. The van der Waals surface area contributed by atoms with Crippen molar-refractivity contribution in [1.82, 2.24) is 4.98 Å². The summed E-state index contributed by atoms with van der Waals surface area (Å²) < 4.78 is 1.02. The number of fused-ring (bicyclic) bond motifs is 1. The summed E-state index contributed by atoms with van der Waals surface area (Å²) in [7, 11) is 0. The van der Waals surface area contributed by atoms with Gasteiger partial charge in [0.15, 0.2) is 0 Å². The number of aromatic nitrogens is 1. The molecule has 0 saturated carbocycles. The molecule has 5 heteroatoms. The van der Waals surface area contributed by atoms with Gasteiger partial charge in [0.2, 0.25) is 5.78 Å². The van der Waals surface area contributed by atoms with Gasteiger partial charge in [-0.1, -0.05) is 44.2 Å². The van der Waals surface area contributed by atoms with E-state index in [2.05, 4.69) is 24.1 Å². The number of ketones is 1. The van der Waals surface area contributed by atoms with Crippen molar-refractivity contribution >= 4 is 38.9 Å². The number of Topliss-reactive ketones (excluding diaryl/α,β-unsaturated/α-hetero) is 1. The van der Waals surface area contributed by atoms with Gasteiger partial charge in [-0.05, 0) is 42.5 Å². The van der Waals surface area contributed by atoms with Gasteiger partial charge < -0.3 is 5.32 Å². The molecule has 0 aliphatic rings. The van der Waals surface area contributed by atoms with E-state index in [4.69, 9.17) is 0 Å². The number of anilines is 1. The van der Waals surface area contributed by atoms with Crippen LogP contribution in [0.4, 0.5) is 5.69 Å². The van der Waals surface area contributed by atoms with Crippen LogP contribution >= 0.6 is 11.3 Å². The number of rotatable bonds is 6. The topological polar surface area (TPSA) is 59.1 Å². The standard InChI is InChI=1S/C21H22N2O2S/c1-4-13(2)15-9-7-8-14(3)20(15)23-21(25)17(24)12-19-22-16-10-5-6-11-18(16)26-19/h5-11,13H,4,12H2,1-3H3,(H,23,25)/t13-/m1/s1. The molecule has 0 aliphatic carbocycles. The Bertz CT molecular complexity index is 929. The van der Waals surface area contributed by atoms with Crippen molar-refractivity contribution in [3.63, 3.8) is 0 Å². The molecule has 2 aromatic carbocycles. The number of thiazole rings is 1. The summed E-state index contributed by atoms with van der Waals surface area (Å²) in [5.74, 6) is -0.741. The molecule has 26 heavy (non-hydrogen) atoms. The van der Waals surface area contributed by atoms with Gasteiger partial charge in [-0.15, -0.1) is 11.3 Å². The molecule has 0 spiro atoms. The zero-order valence-electron chi connectivity index (χ0n) is 15.2. The van der Waals surface area contributed by atoms with E-state index in [1.807, 2.05) is 49.4 Å². The first kappa shape index (κ1) is 18.3. The van der Waals surface area contributed by atoms with Crippen molar-refractivity contribution in [2.24, 2.45) is 0 Å². The summed E-state index contributed by atoms with van der Waals surface area (Å²) in [5.41, 5.74) is 3.64. The summed E-state index contributed by atoms with van der Waals surface area (Å²) in [6.45, 7) is 6.17. The van der Waals surface area contributed by atoms with E-state index in [9.17, 15) is 9.59 Å². The predicted octanol–water partition coefficient (Wildman–Crippen LogP) is 4.87. The lowest BCUT2D eigenvalue weighted by Gasteiger charge is -2.17. The number of nitrogens with zero attached hydrogens (tertiary/aromatic N) is 1. The second kappa shape index (κ2) is 7.79. The third-order valence-corrected chi connectivity index (χ3v) is 5.63. The SMILES string of the molecule is CC[C@@H](C)c1cccc(C)c1NC(=O)C(=O)Cc1nc2ccccc2s1. The Morgan fingerprint density at radius 2 is 1.92 bits per heavy atom. The van der Waals surface area contributed by atoms with Crippen molar-refractivity contribution in [2.75, 3.05) is 5.32 Å². The predicted molar refractivity (Wildman–Crippen MR) is 107 cm³/mol. The van der Waals surface area contributed by atoms with Gasteiger partial charge in [0.05, 0.1) is 16.6 Å². The molecule has 134 valence electrons. The molecule has 1 heterocycles. The van der Waals surface area contributed by atoms with Gasteiger partial charge in [0.25, 0.3) is 5.91 Å². The molecule has 1 N–H and O–H groups in total. The first-order valence-corrected chi connectivity index (χ1v) is 9.59. The van der Waals surface area contributed by atoms with E-state index in [0.717, 1.165) is 33.5 Å². The van der Waals surface area contributed by atoms with E-state index in [1.165, 1.54) is 11.3 Å². The molecule has 3 aromatic rings. The van der Waals surface area contributed by atoms with E-state index in [0.29, 0.717) is 10.9 Å². The summed E-state index contributed by atoms with van der Waals surface area (Å²) in [4.78, 5) is 29.3. The first-order valence-electron chi connectivity index (χ1n) is 8.77. The second-order valence-electron chi connectivity index (χ2n) is 6.48. The Balaban J connectivity index is 1.76. The Labute approximate surface area is 157 Å². The Morgan fingerprint density at radius 3 is 2.65 bits per heavy atom. The summed E-state index contributed by atoms with van der Waals surface area (Å²) in [6.07, 6.45) is 0.988. The highest BCUT2D eigenvalue weighted by atomic mass is 32.1. The highest BCUT2D eigenvalue weighted by Crippen LogP contribution is 2.29. The zero-order chi connectivity index (χ0) is 18.7. The molecule has 0 saturated heterocycles. The van der Waals surface area contributed by atoms with Crippen molar-refractivity contribution in [3.05, 3.63) is 58.6 Å². The van der Waals surface area contributed by atoms with Crippen LogP contribution in [0.1, 0.15) is 42.3 Å². The van der Waals surface area contributed by atoms with E-state index >= 15 is 0 Å². The minimum Gasteiger partial charge on any atom is -0.319 e. The third kappa shape index (κ3) is 3.83. The maximum atomic E-state index is 12.5. The average Bonchev–Trinajstić information content (AvgIpc) is 3.04. The van der Waals surface area contributed by atoms with E-state index in [-0.39, 0.29) is 6.42 Å². The fourth-order valence-electron chi connectivity index (χ4n) is 2.89. The van der Waals surface area contributed by atoms with Crippen molar-refractivity contribution < 1.29 is 9.59 Å². The van der Waals surface area contributed by atoms with E-state index < -0.39 is 11.7 Å². The molecule has 0 fully saturated rings. The quantitative estimate of drug-likeness (QED) is 0.633. The number of nitrogens with one attached hydrogen (secondary N) is 1. The summed E-state index contributed by atoms with van der Waals surface area (Å²) >= 11 is 1.45. The summed E-state index contributed by atoms with van der Waals surface area (Å²) in [6, 6.07) is 13.7. The number of aryl methyl sites for hydroxylation is 1. The molecule has 0 aliphatic heterocycles. The molecule has 0 bridgehead atoms. The van der Waals surface area contributed by atoms with Gasteiger partial charge in [-0.25, -0.2) is 4.98 Å². The molecule has 1 atom stereocenters. The van der Waals surface area contributed by atoms with Gasteiger partial charge in [-0.3, -0.25) is 9.59 Å². The fourth-order valence-corrected chi connectivity index (χ4v) is 3.85. The number of hydrogen-bond acceptors (Lipinski definition) is 4. The maximum absolute atomic E-state index is 12.5. The number of benzene rings is 2. The summed E-state index contributed by atoms with van der Waals surface area (Å²) in [5, 5.41) is 3.50. The smallest absolute Gasteiger partial charge is 0.292 e. The van der Waals surface area contributed by atoms with Crippen LogP contribution in [-0.4, -0.2) is 16.7 Å². The second-order valence-corrected chi connectivity index (χ2v) is 7.59. The van der Waals surface area contributed by atoms with Crippen LogP contribution in [0.2, 0.25) is 0 Å². The van der Waals surface area contributed by atoms with Crippen molar-refractivity contribution in [2.45, 2.75) is 39.5 Å². The number of hydrogen-bond donors (Lipinski definition) is 1. The highest BCUT2D eigenvalue weighted by Gasteiger charge is 2.20. The minimum atomic E-state index is -0.580. The lowest BCUT2D eigenvalue weighted by atomic mass is 9.94. The number of carbonyl (C=O) groups is 2. The number of carbonyl (C=O) groups excluding carboxylic acids is 2. The largest absolute Gasteiger partial charge is 0.319 e. The Hall–Kier alpha value is -2.53. The molecule has 0 radical (unpaired) electrons. The third-order valence-electron chi connectivity index (χ3n) is 4.59. The molecular formula is C21H22N2O2S. The average molecular weight is 366 g/mol.